The molecule has 1 aromatic carbocycles. The summed E-state index contributed by atoms with van der Waals surface area (Å²) in [6.45, 7) is 3.26. The number of methoxy groups -OCH3 is 1. The summed E-state index contributed by atoms with van der Waals surface area (Å²) in [6.07, 6.45) is 7.93. The summed E-state index contributed by atoms with van der Waals surface area (Å²) < 4.78 is 4.76. The third-order valence-electron chi connectivity index (χ3n) is 6.94. The first-order valence-electron chi connectivity index (χ1n) is 10.5. The van der Waals surface area contributed by atoms with Crippen LogP contribution in [0.3, 0.4) is 0 Å². The molecule has 0 aliphatic carbocycles. The van der Waals surface area contributed by atoms with E-state index in [-0.39, 0.29) is 5.97 Å². The highest BCUT2D eigenvalue weighted by Crippen LogP contribution is 2.34. The van der Waals surface area contributed by atoms with E-state index in [2.05, 4.69) is 22.2 Å². The lowest BCUT2D eigenvalue weighted by atomic mass is 9.95. The average Bonchev–Trinajstić information content (AvgIpc) is 2.90. The lowest BCUT2D eigenvalue weighted by Crippen LogP contribution is -2.52. The molecule has 3 aliphatic heterocycles. The van der Waals surface area contributed by atoms with Crippen LogP contribution in [0, 0.1) is 0 Å². The van der Waals surface area contributed by atoms with E-state index in [1.54, 1.807) is 0 Å². The van der Waals surface area contributed by atoms with E-state index in [0.29, 0.717) is 11.6 Å². The molecule has 1 N–H and O–H groups in total. The normalized spacial score (nSPS) is 29.8. The molecule has 5 nitrogen and oxygen atoms in total. The zero-order valence-corrected chi connectivity index (χ0v) is 16.7. The Balaban J connectivity index is 1.22. The van der Waals surface area contributed by atoms with Gasteiger partial charge < -0.3 is 15.0 Å². The lowest BCUT2D eigenvalue weighted by molar-refractivity contribution is 0.0600. The second kappa shape index (κ2) is 8.29. The molecule has 3 heterocycles. The highest BCUT2D eigenvalue weighted by molar-refractivity contribution is 5.89. The number of likely N-dealkylation sites (tertiary alicyclic amines) is 1. The molecule has 3 aliphatic rings. The third kappa shape index (κ3) is 4.36. The molecule has 0 amide bonds. The number of fused-ring (bicyclic) bond motifs is 2. The summed E-state index contributed by atoms with van der Waals surface area (Å²) in [6, 6.07) is 10.9. The molecular weight excluding hydrogens is 338 g/mol. The van der Waals surface area contributed by atoms with Crippen molar-refractivity contribution < 1.29 is 9.53 Å². The summed E-state index contributed by atoms with van der Waals surface area (Å²) in [4.78, 5) is 16.7. The second-order valence-electron chi connectivity index (χ2n) is 8.62. The van der Waals surface area contributed by atoms with Gasteiger partial charge in [-0.1, -0.05) is 12.1 Å². The molecule has 0 saturated carbocycles. The van der Waals surface area contributed by atoms with Crippen LogP contribution in [0.4, 0.5) is 0 Å². The molecule has 0 radical (unpaired) electrons. The van der Waals surface area contributed by atoms with Gasteiger partial charge in [-0.05, 0) is 76.4 Å². The predicted molar refractivity (Wildman–Crippen MR) is 107 cm³/mol. The van der Waals surface area contributed by atoms with Crippen molar-refractivity contribution in [3.05, 3.63) is 35.4 Å². The van der Waals surface area contributed by atoms with Crippen molar-refractivity contribution in [1.82, 2.24) is 15.1 Å². The fraction of sp³-hybridized carbons (Fsp3) is 0.682. The van der Waals surface area contributed by atoms with E-state index in [0.717, 1.165) is 37.8 Å². The number of nitrogens with zero attached hydrogens (tertiary/aromatic N) is 2. The van der Waals surface area contributed by atoms with E-state index in [1.165, 1.54) is 51.2 Å². The number of ether oxygens (including phenoxy) is 1. The lowest BCUT2D eigenvalue weighted by Gasteiger charge is -2.40. The van der Waals surface area contributed by atoms with Crippen molar-refractivity contribution in [2.24, 2.45) is 0 Å². The van der Waals surface area contributed by atoms with Gasteiger partial charge in [0.05, 0.1) is 12.7 Å². The van der Waals surface area contributed by atoms with Crippen LogP contribution in [0.1, 0.15) is 54.4 Å². The van der Waals surface area contributed by atoms with Gasteiger partial charge >= 0.3 is 5.97 Å². The minimum Gasteiger partial charge on any atom is -0.465 e. The number of carbonyl (C=O) groups excluding carboxylic acids is 1. The number of piperidine rings is 2. The van der Waals surface area contributed by atoms with E-state index >= 15 is 0 Å². The van der Waals surface area contributed by atoms with Gasteiger partial charge in [0, 0.05) is 30.7 Å². The fourth-order valence-corrected chi connectivity index (χ4v) is 5.26. The largest absolute Gasteiger partial charge is 0.465 e. The van der Waals surface area contributed by atoms with Gasteiger partial charge in [0.25, 0.3) is 0 Å². The van der Waals surface area contributed by atoms with Crippen LogP contribution in [0.2, 0.25) is 0 Å². The Morgan fingerprint density at radius 2 is 1.67 bits per heavy atom. The fourth-order valence-electron chi connectivity index (χ4n) is 5.26. The molecule has 148 valence electrons. The summed E-state index contributed by atoms with van der Waals surface area (Å²) in [7, 11) is 3.74. The molecule has 1 aromatic rings. The van der Waals surface area contributed by atoms with E-state index in [4.69, 9.17) is 4.74 Å². The quantitative estimate of drug-likeness (QED) is 0.806. The Morgan fingerprint density at radius 1 is 1.04 bits per heavy atom. The van der Waals surface area contributed by atoms with Crippen LogP contribution in [0.15, 0.2) is 24.3 Å². The minimum atomic E-state index is -0.268. The predicted octanol–water partition coefficient (Wildman–Crippen LogP) is 2.65. The molecule has 3 fully saturated rings. The van der Waals surface area contributed by atoms with Crippen molar-refractivity contribution in [1.29, 1.82) is 0 Å². The first kappa shape index (κ1) is 18.9. The number of rotatable bonds is 5. The van der Waals surface area contributed by atoms with Crippen molar-refractivity contribution in [3.8, 4) is 0 Å². The van der Waals surface area contributed by atoms with Gasteiger partial charge in [-0.25, -0.2) is 4.79 Å². The van der Waals surface area contributed by atoms with Crippen molar-refractivity contribution in [2.45, 2.75) is 69.2 Å². The van der Waals surface area contributed by atoms with E-state index in [9.17, 15) is 4.79 Å². The van der Waals surface area contributed by atoms with Crippen molar-refractivity contribution in [2.75, 3.05) is 27.2 Å². The number of hydrogen-bond acceptors (Lipinski definition) is 5. The van der Waals surface area contributed by atoms with Gasteiger partial charge in [0.1, 0.15) is 0 Å². The zero-order chi connectivity index (χ0) is 18.8. The highest BCUT2D eigenvalue weighted by atomic mass is 16.5. The molecule has 4 rings (SSSR count). The van der Waals surface area contributed by atoms with Crippen molar-refractivity contribution in [3.63, 3.8) is 0 Å². The maximum atomic E-state index is 11.5. The van der Waals surface area contributed by atoms with E-state index in [1.807, 2.05) is 24.3 Å². The SMILES string of the molecule is COC(=O)c1ccc(CN2CCC(NC3CC4CCC(C3)N4C)CC2)cc1. The second-order valence-corrected chi connectivity index (χ2v) is 8.62. The Kier molecular flexibility index (Phi) is 5.81. The number of benzene rings is 1. The van der Waals surface area contributed by atoms with E-state index < -0.39 is 0 Å². The Labute approximate surface area is 163 Å². The standard InChI is InChI=1S/C22H33N3O2/c1-24-20-7-8-21(24)14-19(13-20)23-18-9-11-25(12-10-18)15-16-3-5-17(6-4-16)22(26)27-2/h3-6,18-21,23H,7-15H2,1-2H3. The monoisotopic (exact) mass is 371 g/mol. The van der Waals surface area contributed by atoms with Gasteiger partial charge in [0.15, 0.2) is 0 Å². The molecule has 2 unspecified atom stereocenters. The van der Waals surface area contributed by atoms with Gasteiger partial charge in [-0.3, -0.25) is 4.90 Å². The van der Waals surface area contributed by atoms with Crippen molar-refractivity contribution >= 4 is 5.97 Å². The van der Waals surface area contributed by atoms with Gasteiger partial charge in [0.2, 0.25) is 0 Å². The molecule has 2 atom stereocenters. The summed E-state index contributed by atoms with van der Waals surface area (Å²) >= 11 is 0. The number of carbonyl (C=O) groups is 1. The van der Waals surface area contributed by atoms with Gasteiger partial charge in [-0.15, -0.1) is 0 Å². The molecular formula is C22H33N3O2. The maximum absolute atomic E-state index is 11.5. The topological polar surface area (TPSA) is 44.8 Å². The maximum Gasteiger partial charge on any atom is 0.337 e. The first-order chi connectivity index (χ1) is 13.1. The minimum absolute atomic E-state index is 0.268. The molecule has 3 saturated heterocycles. The smallest absolute Gasteiger partial charge is 0.337 e. The molecule has 0 spiro atoms. The number of esters is 1. The van der Waals surface area contributed by atoms with Crippen LogP contribution in [-0.2, 0) is 11.3 Å². The van der Waals surface area contributed by atoms with Gasteiger partial charge in [-0.2, -0.15) is 0 Å². The molecule has 0 aromatic heterocycles. The molecule has 5 heteroatoms. The summed E-state index contributed by atoms with van der Waals surface area (Å²) in [5.41, 5.74) is 1.89. The third-order valence-corrected chi connectivity index (χ3v) is 6.94. The molecule has 2 bridgehead atoms. The van der Waals surface area contributed by atoms with Crippen LogP contribution >= 0.6 is 0 Å². The Morgan fingerprint density at radius 3 is 2.26 bits per heavy atom. The zero-order valence-electron chi connectivity index (χ0n) is 16.7. The van der Waals surface area contributed by atoms with Crippen LogP contribution in [-0.4, -0.2) is 67.2 Å². The highest BCUT2D eigenvalue weighted by Gasteiger charge is 2.39. The summed E-state index contributed by atoms with van der Waals surface area (Å²) in [5, 5.41) is 3.99. The van der Waals surface area contributed by atoms with Crippen LogP contribution in [0.5, 0.6) is 0 Å². The Hall–Kier alpha value is -1.43. The molecule has 27 heavy (non-hydrogen) atoms. The Bertz CT molecular complexity index is 625. The summed E-state index contributed by atoms with van der Waals surface area (Å²) in [5.74, 6) is -0.268. The number of nitrogens with one attached hydrogen (secondary N) is 1. The van der Waals surface area contributed by atoms with Crippen LogP contribution in [0.25, 0.3) is 0 Å². The number of hydrogen-bond donors (Lipinski definition) is 1. The first-order valence-corrected chi connectivity index (χ1v) is 10.5. The average molecular weight is 372 g/mol. The van der Waals surface area contributed by atoms with Crippen LogP contribution < -0.4 is 5.32 Å².